The van der Waals surface area contributed by atoms with Crippen molar-refractivity contribution < 1.29 is 9.53 Å². The number of thioether (sulfide) groups is 1. The first-order valence-electron chi connectivity index (χ1n) is 10.3. The zero-order valence-electron chi connectivity index (χ0n) is 17.7. The van der Waals surface area contributed by atoms with Gasteiger partial charge >= 0.3 is 0 Å². The molecule has 0 saturated heterocycles. The Morgan fingerprint density at radius 2 is 1.41 bits per heavy atom. The number of rotatable bonds is 8. The van der Waals surface area contributed by atoms with Crippen LogP contribution in [-0.2, 0) is 4.79 Å². The second-order valence-corrected chi connectivity index (χ2v) is 8.09. The third-order valence-electron chi connectivity index (χ3n) is 4.78. The minimum atomic E-state index is -0.0508. The van der Waals surface area contributed by atoms with Gasteiger partial charge in [-0.25, -0.2) is 9.97 Å². The van der Waals surface area contributed by atoms with E-state index >= 15 is 0 Å². The van der Waals surface area contributed by atoms with E-state index in [9.17, 15) is 4.79 Å². The maximum Gasteiger partial charge on any atom is 0.225 e. The van der Waals surface area contributed by atoms with Gasteiger partial charge in [0.05, 0.1) is 18.5 Å². The van der Waals surface area contributed by atoms with E-state index in [0.29, 0.717) is 17.3 Å². The van der Waals surface area contributed by atoms with Crippen molar-refractivity contribution in [3.63, 3.8) is 0 Å². The Kier molecular flexibility index (Phi) is 7.15. The van der Waals surface area contributed by atoms with E-state index in [0.717, 1.165) is 34.0 Å². The second-order valence-electron chi connectivity index (χ2n) is 7.03. The highest BCUT2D eigenvalue weighted by atomic mass is 32.2. The number of carbonyl (C=O) groups excluding carboxylic acids is 1. The average Bonchev–Trinajstić information content (AvgIpc) is 2.85. The van der Waals surface area contributed by atoms with Crippen LogP contribution < -0.4 is 10.1 Å². The van der Waals surface area contributed by atoms with E-state index in [1.54, 1.807) is 7.11 Å². The number of anilines is 1. The number of benzene rings is 3. The molecule has 32 heavy (non-hydrogen) atoms. The molecule has 0 saturated carbocycles. The maximum absolute atomic E-state index is 12.3. The molecular weight excluding hydrogens is 418 g/mol. The topological polar surface area (TPSA) is 64.1 Å². The lowest BCUT2D eigenvalue weighted by Gasteiger charge is -2.09. The summed E-state index contributed by atoms with van der Waals surface area (Å²) in [7, 11) is 1.61. The summed E-state index contributed by atoms with van der Waals surface area (Å²) < 4.78 is 5.14. The number of aromatic nitrogens is 2. The minimum Gasteiger partial charge on any atom is -0.497 e. The summed E-state index contributed by atoms with van der Waals surface area (Å²) in [5.74, 6) is 1.28. The molecule has 0 bridgehead atoms. The lowest BCUT2D eigenvalue weighted by atomic mass is 10.1. The van der Waals surface area contributed by atoms with Gasteiger partial charge < -0.3 is 10.1 Å². The zero-order valence-corrected chi connectivity index (χ0v) is 18.5. The number of nitrogens with zero attached hydrogens (tertiary/aromatic N) is 2. The van der Waals surface area contributed by atoms with E-state index < -0.39 is 0 Å². The highest BCUT2D eigenvalue weighted by Crippen LogP contribution is 2.27. The predicted molar refractivity (Wildman–Crippen MR) is 130 cm³/mol. The summed E-state index contributed by atoms with van der Waals surface area (Å²) in [6.07, 6.45) is 0.357. The zero-order chi connectivity index (χ0) is 22.2. The minimum absolute atomic E-state index is 0.0508. The number of amides is 1. The quantitative estimate of drug-likeness (QED) is 0.271. The molecule has 5 nitrogen and oxygen atoms in total. The first-order chi connectivity index (χ1) is 15.7. The Morgan fingerprint density at radius 1 is 0.844 bits per heavy atom. The van der Waals surface area contributed by atoms with Crippen LogP contribution in [0.5, 0.6) is 5.75 Å². The molecule has 0 aliphatic heterocycles. The van der Waals surface area contributed by atoms with Gasteiger partial charge in [0.25, 0.3) is 0 Å². The number of methoxy groups -OCH3 is 1. The summed E-state index contributed by atoms with van der Waals surface area (Å²) >= 11 is 1.48. The van der Waals surface area contributed by atoms with Crippen molar-refractivity contribution >= 4 is 23.4 Å². The Morgan fingerprint density at radius 3 is 1.94 bits per heavy atom. The molecule has 3 aromatic carbocycles. The van der Waals surface area contributed by atoms with Crippen molar-refractivity contribution in [1.82, 2.24) is 9.97 Å². The Labute approximate surface area is 191 Å². The van der Waals surface area contributed by atoms with Crippen LogP contribution in [-0.4, -0.2) is 28.7 Å². The van der Waals surface area contributed by atoms with Gasteiger partial charge in [-0.2, -0.15) is 0 Å². The number of nitrogens with one attached hydrogen (secondary N) is 1. The summed E-state index contributed by atoms with van der Waals surface area (Å²) in [4.78, 5) is 21.8. The molecule has 160 valence electrons. The second kappa shape index (κ2) is 10.6. The van der Waals surface area contributed by atoms with E-state index in [-0.39, 0.29) is 5.91 Å². The molecule has 1 aromatic heterocycles. The van der Waals surface area contributed by atoms with E-state index in [4.69, 9.17) is 14.7 Å². The Bertz CT molecular complexity index is 1110. The van der Waals surface area contributed by atoms with Crippen molar-refractivity contribution in [2.24, 2.45) is 0 Å². The van der Waals surface area contributed by atoms with Crippen LogP contribution in [0, 0.1) is 0 Å². The maximum atomic E-state index is 12.3. The molecule has 0 aliphatic rings. The number of ether oxygens (including phenoxy) is 1. The van der Waals surface area contributed by atoms with Gasteiger partial charge in [0.2, 0.25) is 5.91 Å². The van der Waals surface area contributed by atoms with Gasteiger partial charge in [-0.1, -0.05) is 72.4 Å². The van der Waals surface area contributed by atoms with Crippen LogP contribution in [0.2, 0.25) is 0 Å². The van der Waals surface area contributed by atoms with Gasteiger partial charge in [0, 0.05) is 29.0 Å². The molecule has 4 aromatic rings. The first-order valence-corrected chi connectivity index (χ1v) is 11.3. The Balaban J connectivity index is 1.45. The molecule has 6 heteroatoms. The van der Waals surface area contributed by atoms with Crippen LogP contribution in [0.1, 0.15) is 6.42 Å². The molecular formula is C26H23N3O2S. The fourth-order valence-corrected chi connectivity index (χ4v) is 3.93. The third-order valence-corrected chi connectivity index (χ3v) is 5.63. The molecule has 1 N–H and O–H groups in total. The van der Waals surface area contributed by atoms with Crippen LogP contribution in [0.15, 0.2) is 96.2 Å². The fourth-order valence-electron chi connectivity index (χ4n) is 3.14. The molecule has 1 amide bonds. The predicted octanol–water partition coefficient (Wildman–Crippen LogP) is 5.94. The van der Waals surface area contributed by atoms with Crippen molar-refractivity contribution in [2.45, 2.75) is 11.6 Å². The molecule has 4 rings (SSSR count). The van der Waals surface area contributed by atoms with E-state index in [1.165, 1.54) is 11.8 Å². The first kappa shape index (κ1) is 21.6. The Hall–Kier alpha value is -3.64. The average molecular weight is 442 g/mol. The summed E-state index contributed by atoms with van der Waals surface area (Å²) in [6.45, 7) is 0. The van der Waals surface area contributed by atoms with Crippen molar-refractivity contribution in [3.05, 3.63) is 91.0 Å². The smallest absolute Gasteiger partial charge is 0.225 e. The molecule has 0 atom stereocenters. The third kappa shape index (κ3) is 5.74. The van der Waals surface area contributed by atoms with Crippen LogP contribution in [0.25, 0.3) is 22.5 Å². The number of hydrogen-bond acceptors (Lipinski definition) is 5. The largest absolute Gasteiger partial charge is 0.497 e. The fraction of sp³-hybridized carbons (Fsp3) is 0.115. The van der Waals surface area contributed by atoms with Crippen molar-refractivity contribution in [1.29, 1.82) is 0 Å². The van der Waals surface area contributed by atoms with Crippen molar-refractivity contribution in [2.75, 3.05) is 18.2 Å². The molecule has 1 heterocycles. The van der Waals surface area contributed by atoms with Crippen molar-refractivity contribution in [3.8, 4) is 28.3 Å². The highest BCUT2D eigenvalue weighted by Gasteiger charge is 2.10. The van der Waals surface area contributed by atoms with Gasteiger partial charge in [0.1, 0.15) is 5.75 Å². The molecule has 0 unspecified atom stereocenters. The normalized spacial score (nSPS) is 10.5. The molecule has 0 radical (unpaired) electrons. The number of hydrogen-bond donors (Lipinski definition) is 1. The standard InChI is InChI=1S/C26H23N3O2S/c1-31-22-14-12-21(13-15-22)27-25(30)16-17-32-26-28-23(19-8-4-2-5-9-19)18-24(29-26)20-10-6-3-7-11-20/h2-15,18H,16-17H2,1H3,(H,27,30). The lowest BCUT2D eigenvalue weighted by Crippen LogP contribution is -2.12. The van der Waals surface area contributed by atoms with Gasteiger partial charge in [0.15, 0.2) is 5.16 Å². The SMILES string of the molecule is COc1ccc(NC(=O)CCSc2nc(-c3ccccc3)cc(-c3ccccc3)n2)cc1. The highest BCUT2D eigenvalue weighted by molar-refractivity contribution is 7.99. The van der Waals surface area contributed by atoms with Gasteiger partial charge in [-0.3, -0.25) is 4.79 Å². The van der Waals surface area contributed by atoms with Crippen LogP contribution in [0.3, 0.4) is 0 Å². The van der Waals surface area contributed by atoms with Crippen LogP contribution in [0.4, 0.5) is 5.69 Å². The molecule has 0 fully saturated rings. The summed E-state index contributed by atoms with van der Waals surface area (Å²) in [5, 5.41) is 3.56. The van der Waals surface area contributed by atoms with Gasteiger partial charge in [-0.05, 0) is 30.3 Å². The lowest BCUT2D eigenvalue weighted by molar-refractivity contribution is -0.115. The number of carbonyl (C=O) groups is 1. The van der Waals surface area contributed by atoms with E-state index in [1.807, 2.05) is 91.0 Å². The molecule has 0 spiro atoms. The summed E-state index contributed by atoms with van der Waals surface area (Å²) in [5.41, 5.74) is 4.54. The van der Waals surface area contributed by atoms with E-state index in [2.05, 4.69) is 5.32 Å². The monoisotopic (exact) mass is 441 g/mol. The van der Waals surface area contributed by atoms with Crippen LogP contribution >= 0.6 is 11.8 Å². The summed E-state index contributed by atoms with van der Waals surface area (Å²) in [6, 6.07) is 29.4. The van der Waals surface area contributed by atoms with Gasteiger partial charge in [-0.15, -0.1) is 0 Å². The molecule has 0 aliphatic carbocycles.